The summed E-state index contributed by atoms with van der Waals surface area (Å²) in [6.07, 6.45) is 0.211. The number of nitrogens with zero attached hydrogens (tertiary/aromatic N) is 1. The Balaban J connectivity index is 1.83. The van der Waals surface area contributed by atoms with E-state index in [1.54, 1.807) is 24.3 Å². The highest BCUT2D eigenvalue weighted by atomic mass is 16.5. The van der Waals surface area contributed by atoms with Crippen LogP contribution in [-0.4, -0.2) is 25.0 Å². The van der Waals surface area contributed by atoms with Gasteiger partial charge in [-0.1, -0.05) is 18.2 Å². The Kier molecular flexibility index (Phi) is 6.35. The Bertz CT molecular complexity index is 721. The van der Waals surface area contributed by atoms with Gasteiger partial charge in [0.2, 0.25) is 0 Å². The number of esters is 1. The molecule has 0 radical (unpaired) electrons. The van der Waals surface area contributed by atoms with Gasteiger partial charge in [-0.3, -0.25) is 4.79 Å². The zero-order chi connectivity index (χ0) is 17.2. The lowest BCUT2D eigenvalue weighted by atomic mass is 10.2. The van der Waals surface area contributed by atoms with E-state index in [-0.39, 0.29) is 19.6 Å². The Morgan fingerprint density at radius 2 is 1.67 bits per heavy atom. The van der Waals surface area contributed by atoms with E-state index in [2.05, 4.69) is 5.32 Å². The van der Waals surface area contributed by atoms with Crippen molar-refractivity contribution in [3.63, 3.8) is 0 Å². The van der Waals surface area contributed by atoms with E-state index in [1.807, 2.05) is 36.4 Å². The topological polar surface area (TPSA) is 88.4 Å². The van der Waals surface area contributed by atoms with Crippen LogP contribution < -0.4 is 10.1 Å². The van der Waals surface area contributed by atoms with Crippen LogP contribution in [0, 0.1) is 11.3 Å². The van der Waals surface area contributed by atoms with Gasteiger partial charge in [-0.25, -0.2) is 4.79 Å². The molecule has 0 saturated carbocycles. The number of benzene rings is 2. The highest BCUT2D eigenvalue weighted by molar-refractivity contribution is 5.91. The molecule has 0 heterocycles. The van der Waals surface area contributed by atoms with Gasteiger partial charge in [0.05, 0.1) is 18.1 Å². The Labute approximate surface area is 139 Å². The predicted molar refractivity (Wildman–Crippen MR) is 86.5 cm³/mol. The number of hydrogen-bond acceptors (Lipinski definition) is 5. The van der Waals surface area contributed by atoms with Crippen molar-refractivity contribution >= 4 is 11.9 Å². The molecule has 0 saturated heterocycles. The number of nitriles is 1. The van der Waals surface area contributed by atoms with Gasteiger partial charge in [0.25, 0.3) is 5.91 Å². The van der Waals surface area contributed by atoms with Crippen molar-refractivity contribution in [1.29, 1.82) is 5.26 Å². The molecule has 0 unspecified atom stereocenters. The van der Waals surface area contributed by atoms with Crippen molar-refractivity contribution in [3.8, 4) is 17.6 Å². The highest BCUT2D eigenvalue weighted by Crippen LogP contribution is 2.21. The monoisotopic (exact) mass is 324 g/mol. The molecule has 122 valence electrons. The quantitative estimate of drug-likeness (QED) is 0.625. The van der Waals surface area contributed by atoms with E-state index >= 15 is 0 Å². The Hall–Kier alpha value is -3.33. The predicted octanol–water partition coefficient (Wildman–Crippen LogP) is 2.67. The van der Waals surface area contributed by atoms with Gasteiger partial charge in [0, 0.05) is 6.54 Å². The molecule has 2 rings (SSSR count). The fraction of sp³-hybridized carbons (Fsp3) is 0.167. The summed E-state index contributed by atoms with van der Waals surface area (Å²) >= 11 is 0. The van der Waals surface area contributed by atoms with Crippen LogP contribution in [0.5, 0.6) is 11.5 Å². The number of hydrogen-bond donors (Lipinski definition) is 1. The number of amides is 1. The molecule has 0 aliphatic carbocycles. The SMILES string of the molecule is N#CCCNC(=O)COC(=O)c1ccc(Oc2ccccc2)cc1. The second kappa shape index (κ2) is 8.96. The molecule has 0 bridgehead atoms. The van der Waals surface area contributed by atoms with E-state index in [1.165, 1.54) is 0 Å². The maximum Gasteiger partial charge on any atom is 0.338 e. The largest absolute Gasteiger partial charge is 0.457 e. The first-order chi connectivity index (χ1) is 11.7. The fourth-order valence-corrected chi connectivity index (χ4v) is 1.81. The average molecular weight is 324 g/mol. The molecular formula is C18H16N2O4. The Morgan fingerprint density at radius 1 is 1.00 bits per heavy atom. The summed E-state index contributed by atoms with van der Waals surface area (Å²) in [5.41, 5.74) is 0.320. The molecule has 24 heavy (non-hydrogen) atoms. The lowest BCUT2D eigenvalue weighted by molar-refractivity contribution is -0.124. The third kappa shape index (κ3) is 5.46. The zero-order valence-electron chi connectivity index (χ0n) is 12.9. The summed E-state index contributed by atoms with van der Waals surface area (Å²) in [5.74, 6) is 0.244. The average Bonchev–Trinajstić information content (AvgIpc) is 2.61. The zero-order valence-corrected chi connectivity index (χ0v) is 12.9. The molecule has 6 heteroatoms. The minimum absolute atomic E-state index is 0.211. The number of ether oxygens (including phenoxy) is 2. The summed E-state index contributed by atoms with van der Waals surface area (Å²) in [7, 11) is 0. The van der Waals surface area contributed by atoms with Crippen LogP contribution in [0.2, 0.25) is 0 Å². The second-order valence-corrected chi connectivity index (χ2v) is 4.77. The minimum Gasteiger partial charge on any atom is -0.457 e. The van der Waals surface area contributed by atoms with Gasteiger partial charge in [-0.15, -0.1) is 0 Å². The molecule has 0 spiro atoms. The summed E-state index contributed by atoms with van der Waals surface area (Å²) in [5, 5.41) is 10.8. The van der Waals surface area contributed by atoms with E-state index < -0.39 is 11.9 Å². The number of carbonyl (C=O) groups is 2. The summed E-state index contributed by atoms with van der Waals surface area (Å²) in [6.45, 7) is -0.148. The van der Waals surface area contributed by atoms with Gasteiger partial charge < -0.3 is 14.8 Å². The second-order valence-electron chi connectivity index (χ2n) is 4.77. The van der Waals surface area contributed by atoms with Crippen LogP contribution in [0.1, 0.15) is 16.8 Å². The minimum atomic E-state index is -0.600. The normalized spacial score (nSPS) is 9.62. The number of para-hydroxylation sites is 1. The van der Waals surface area contributed by atoms with Crippen LogP contribution in [0.3, 0.4) is 0 Å². The maximum atomic E-state index is 11.9. The van der Waals surface area contributed by atoms with Crippen molar-refractivity contribution in [3.05, 3.63) is 60.2 Å². The highest BCUT2D eigenvalue weighted by Gasteiger charge is 2.10. The van der Waals surface area contributed by atoms with Crippen molar-refractivity contribution in [1.82, 2.24) is 5.32 Å². The summed E-state index contributed by atoms with van der Waals surface area (Å²) in [6, 6.07) is 17.6. The Morgan fingerprint density at radius 3 is 2.33 bits per heavy atom. The number of carbonyl (C=O) groups excluding carboxylic acids is 2. The molecule has 0 aliphatic heterocycles. The van der Waals surface area contributed by atoms with E-state index in [4.69, 9.17) is 14.7 Å². The molecule has 0 fully saturated rings. The molecule has 6 nitrogen and oxygen atoms in total. The molecule has 2 aromatic rings. The molecule has 0 aromatic heterocycles. The van der Waals surface area contributed by atoms with Gasteiger partial charge >= 0.3 is 5.97 Å². The van der Waals surface area contributed by atoms with Crippen LogP contribution in [0.4, 0.5) is 0 Å². The fourth-order valence-electron chi connectivity index (χ4n) is 1.81. The van der Waals surface area contributed by atoms with Crippen molar-refractivity contribution in [2.75, 3.05) is 13.2 Å². The van der Waals surface area contributed by atoms with Crippen LogP contribution in [-0.2, 0) is 9.53 Å². The lowest BCUT2D eigenvalue weighted by Gasteiger charge is -2.07. The first-order valence-electron chi connectivity index (χ1n) is 7.33. The summed E-state index contributed by atoms with van der Waals surface area (Å²) < 4.78 is 10.5. The molecule has 2 aromatic carbocycles. The molecule has 0 aliphatic rings. The van der Waals surface area contributed by atoms with E-state index in [0.717, 1.165) is 0 Å². The molecule has 1 N–H and O–H groups in total. The van der Waals surface area contributed by atoms with E-state index in [0.29, 0.717) is 17.1 Å². The van der Waals surface area contributed by atoms with Gasteiger partial charge in [0.1, 0.15) is 11.5 Å². The molecular weight excluding hydrogens is 308 g/mol. The standard InChI is InChI=1S/C18H16N2O4/c19-11-4-12-20-17(21)13-23-18(22)14-7-9-16(10-8-14)24-15-5-2-1-3-6-15/h1-3,5-10H,4,12-13H2,(H,20,21). The van der Waals surface area contributed by atoms with Gasteiger partial charge in [-0.05, 0) is 36.4 Å². The van der Waals surface area contributed by atoms with Crippen LogP contribution in [0.15, 0.2) is 54.6 Å². The molecule has 0 atom stereocenters. The van der Waals surface area contributed by atoms with Crippen LogP contribution >= 0.6 is 0 Å². The van der Waals surface area contributed by atoms with E-state index in [9.17, 15) is 9.59 Å². The van der Waals surface area contributed by atoms with Gasteiger partial charge in [-0.2, -0.15) is 5.26 Å². The van der Waals surface area contributed by atoms with Crippen molar-refractivity contribution < 1.29 is 19.1 Å². The summed E-state index contributed by atoms with van der Waals surface area (Å²) in [4.78, 5) is 23.2. The number of rotatable bonds is 7. The van der Waals surface area contributed by atoms with Crippen LogP contribution in [0.25, 0.3) is 0 Å². The smallest absolute Gasteiger partial charge is 0.338 e. The lowest BCUT2D eigenvalue weighted by Crippen LogP contribution is -2.29. The van der Waals surface area contributed by atoms with Gasteiger partial charge in [0.15, 0.2) is 6.61 Å². The number of nitrogens with one attached hydrogen (secondary N) is 1. The first kappa shape index (κ1) is 17.0. The van der Waals surface area contributed by atoms with Crippen molar-refractivity contribution in [2.45, 2.75) is 6.42 Å². The molecule has 1 amide bonds. The third-order valence-corrected chi connectivity index (χ3v) is 2.96. The maximum absolute atomic E-state index is 11.9. The third-order valence-electron chi connectivity index (χ3n) is 2.96. The van der Waals surface area contributed by atoms with Crippen molar-refractivity contribution in [2.24, 2.45) is 0 Å². The first-order valence-corrected chi connectivity index (χ1v) is 7.33.